The average molecular weight is 892 g/mol. The minimum atomic E-state index is -1.46. The standard InChI is InChI=1S/C65H44N2S/c1-5-18-45(19-6-1)46-32-35-52(36-33-46)67(51-26-11-4-12-27-51)54-38-40-62-58(44-54)57-43-53(66(49-22-7-2-8-23-49)50-24-9-3-10-25-50)37-39-61(57)65(62,60-30-17-21-47-20-13-14-28-55(47)60)48-34-41-64-59(42-48)56-29-15-16-31-63(56)68-64/h1-44H/i13D,14D,17D,20D,21D,28D,30D. The van der Waals surface area contributed by atoms with Gasteiger partial charge in [-0.05, 0) is 146 Å². The molecule has 0 aliphatic heterocycles. The van der Waals surface area contributed by atoms with E-state index in [1.165, 1.54) is 0 Å². The fraction of sp³-hybridized carbons (Fsp3) is 0.0154. The molecule has 0 fully saturated rings. The van der Waals surface area contributed by atoms with Crippen LogP contribution < -0.4 is 9.80 Å². The maximum absolute atomic E-state index is 10.2. The van der Waals surface area contributed by atoms with Crippen molar-refractivity contribution in [2.24, 2.45) is 0 Å². The van der Waals surface area contributed by atoms with Gasteiger partial charge in [-0.15, -0.1) is 11.3 Å². The van der Waals surface area contributed by atoms with Gasteiger partial charge in [-0.1, -0.05) is 176 Å². The molecule has 0 spiro atoms. The zero-order chi connectivity index (χ0) is 51.1. The van der Waals surface area contributed by atoms with Crippen LogP contribution in [0.4, 0.5) is 34.1 Å². The lowest BCUT2D eigenvalue weighted by molar-refractivity contribution is 0.778. The molecule has 12 aromatic rings. The van der Waals surface area contributed by atoms with E-state index in [-0.39, 0.29) is 28.4 Å². The molecule has 0 radical (unpaired) electrons. The van der Waals surface area contributed by atoms with E-state index >= 15 is 0 Å². The van der Waals surface area contributed by atoms with Gasteiger partial charge >= 0.3 is 0 Å². The summed E-state index contributed by atoms with van der Waals surface area (Å²) < 4.78 is 68.2. The van der Waals surface area contributed by atoms with E-state index in [0.29, 0.717) is 0 Å². The fourth-order valence-electron chi connectivity index (χ4n) is 10.4. The van der Waals surface area contributed by atoms with Crippen molar-refractivity contribution in [1.82, 2.24) is 0 Å². The molecule has 0 bridgehead atoms. The monoisotopic (exact) mass is 891 g/mol. The molecule has 0 saturated heterocycles. The van der Waals surface area contributed by atoms with Crippen molar-refractivity contribution in [2.75, 3.05) is 9.80 Å². The number of thiophene rings is 1. The predicted molar refractivity (Wildman–Crippen MR) is 289 cm³/mol. The maximum atomic E-state index is 10.2. The summed E-state index contributed by atoms with van der Waals surface area (Å²) in [6.45, 7) is 0. The van der Waals surface area contributed by atoms with Crippen molar-refractivity contribution < 1.29 is 9.60 Å². The molecule has 11 aromatic carbocycles. The average Bonchev–Trinajstić information content (AvgIpc) is 4.09. The van der Waals surface area contributed by atoms with Gasteiger partial charge < -0.3 is 9.80 Å². The van der Waals surface area contributed by atoms with E-state index in [4.69, 9.17) is 2.74 Å². The Bertz CT molecular complexity index is 4160. The molecule has 1 aliphatic carbocycles. The molecule has 1 aromatic heterocycles. The van der Waals surface area contributed by atoms with Crippen molar-refractivity contribution in [1.29, 1.82) is 0 Å². The number of anilines is 6. The van der Waals surface area contributed by atoms with Crippen LogP contribution in [0.2, 0.25) is 0 Å². The Labute approximate surface area is 410 Å². The second-order valence-electron chi connectivity index (χ2n) is 17.1. The first-order chi connectivity index (χ1) is 36.6. The molecule has 1 heterocycles. The SMILES string of the molecule is [2H]c1c([2H])c([2H])c2c(C3(c4ccc5sc6ccccc6c5c4)c4ccc(N(c5ccccc5)c5ccccc5)cc4-c4cc(N(c5ccccc5)c5ccc(-c6ccccc6)cc5)ccc43)c([2H])c([2H])c([2H])c2c1[2H]. The molecule has 0 amide bonds. The van der Waals surface area contributed by atoms with Crippen LogP contribution in [0.3, 0.4) is 0 Å². The normalized spacial score (nSPS) is 15.4. The highest BCUT2D eigenvalue weighted by Gasteiger charge is 2.47. The molecule has 2 nitrogen and oxygen atoms in total. The maximum Gasteiger partial charge on any atom is 0.0719 e. The third kappa shape index (κ3) is 6.46. The van der Waals surface area contributed by atoms with Gasteiger partial charge in [0.2, 0.25) is 0 Å². The number of rotatable bonds is 9. The van der Waals surface area contributed by atoms with Gasteiger partial charge in [-0.3, -0.25) is 0 Å². The summed E-state index contributed by atoms with van der Waals surface area (Å²) in [5, 5.41) is 2.03. The van der Waals surface area contributed by atoms with E-state index in [9.17, 15) is 6.85 Å². The summed E-state index contributed by atoms with van der Waals surface area (Å²) in [5.74, 6) is 0. The van der Waals surface area contributed by atoms with Crippen molar-refractivity contribution in [2.45, 2.75) is 5.41 Å². The molecule has 1 aliphatic rings. The second kappa shape index (κ2) is 16.4. The van der Waals surface area contributed by atoms with Gasteiger partial charge in [0, 0.05) is 54.3 Å². The molecule has 13 rings (SSSR count). The third-order valence-corrected chi connectivity index (χ3v) is 14.5. The van der Waals surface area contributed by atoms with Gasteiger partial charge in [-0.2, -0.15) is 0 Å². The Morgan fingerprint density at radius 2 is 0.824 bits per heavy atom. The minimum Gasteiger partial charge on any atom is -0.310 e. The highest BCUT2D eigenvalue weighted by atomic mass is 32.1. The number of fused-ring (bicyclic) bond motifs is 7. The molecule has 1 unspecified atom stereocenters. The number of hydrogen-bond donors (Lipinski definition) is 0. The van der Waals surface area contributed by atoms with Crippen LogP contribution in [-0.2, 0) is 5.41 Å². The highest BCUT2D eigenvalue weighted by molar-refractivity contribution is 7.25. The quantitative estimate of drug-likeness (QED) is 0.142. The molecule has 320 valence electrons. The molecular formula is C65H44N2S. The van der Waals surface area contributed by atoms with Crippen LogP contribution in [0.25, 0.3) is 53.2 Å². The van der Waals surface area contributed by atoms with Gasteiger partial charge in [-0.25, -0.2) is 0 Å². The van der Waals surface area contributed by atoms with Crippen molar-refractivity contribution >= 4 is 76.4 Å². The largest absolute Gasteiger partial charge is 0.310 e. The highest BCUT2D eigenvalue weighted by Crippen LogP contribution is 2.60. The Morgan fingerprint density at radius 3 is 1.44 bits per heavy atom. The first kappa shape index (κ1) is 33.0. The van der Waals surface area contributed by atoms with Crippen LogP contribution in [0.5, 0.6) is 0 Å². The van der Waals surface area contributed by atoms with Crippen LogP contribution in [0, 0.1) is 0 Å². The lowest BCUT2D eigenvalue weighted by Crippen LogP contribution is -2.29. The predicted octanol–water partition coefficient (Wildman–Crippen LogP) is 18.2. The summed E-state index contributed by atoms with van der Waals surface area (Å²) in [6, 6.07) is 74.2. The van der Waals surface area contributed by atoms with Crippen molar-refractivity contribution in [3.8, 4) is 22.3 Å². The number of hydrogen-bond acceptors (Lipinski definition) is 3. The van der Waals surface area contributed by atoms with Crippen molar-refractivity contribution in [3.63, 3.8) is 0 Å². The van der Waals surface area contributed by atoms with E-state index in [1.54, 1.807) is 11.3 Å². The zero-order valence-corrected chi connectivity index (χ0v) is 37.5. The van der Waals surface area contributed by atoms with Crippen LogP contribution in [0.1, 0.15) is 31.8 Å². The topological polar surface area (TPSA) is 6.48 Å². The molecule has 3 heteroatoms. The van der Waals surface area contributed by atoms with Gasteiger partial charge in [0.15, 0.2) is 0 Å². The lowest BCUT2D eigenvalue weighted by atomic mass is 9.66. The number of nitrogens with zero attached hydrogens (tertiary/aromatic N) is 2. The van der Waals surface area contributed by atoms with Gasteiger partial charge in [0.05, 0.1) is 15.0 Å². The lowest BCUT2D eigenvalue weighted by Gasteiger charge is -2.35. The first-order valence-electron chi connectivity index (χ1n) is 26.3. The fourth-order valence-corrected chi connectivity index (χ4v) is 11.5. The summed E-state index contributed by atoms with van der Waals surface area (Å²) in [5.41, 5.74) is 10.5. The minimum absolute atomic E-state index is 0.0499. The molecule has 0 N–H and O–H groups in total. The Morgan fingerprint density at radius 1 is 0.338 bits per heavy atom. The first-order valence-corrected chi connectivity index (χ1v) is 23.6. The summed E-state index contributed by atoms with van der Waals surface area (Å²) >= 11 is 1.70. The number of para-hydroxylation sites is 3. The smallest absolute Gasteiger partial charge is 0.0719 e. The Hall–Kier alpha value is -8.50. The molecular weight excluding hydrogens is 841 g/mol. The van der Waals surface area contributed by atoms with E-state index in [0.717, 1.165) is 93.2 Å². The third-order valence-electron chi connectivity index (χ3n) is 13.4. The van der Waals surface area contributed by atoms with Crippen LogP contribution in [-0.4, -0.2) is 0 Å². The summed E-state index contributed by atoms with van der Waals surface area (Å²) in [6.07, 6.45) is 0. The summed E-state index contributed by atoms with van der Waals surface area (Å²) in [4.78, 5) is 4.46. The Kier molecular flexibility index (Phi) is 7.98. The zero-order valence-electron chi connectivity index (χ0n) is 43.7. The van der Waals surface area contributed by atoms with E-state index in [2.05, 4.69) is 149 Å². The van der Waals surface area contributed by atoms with Gasteiger partial charge in [0.1, 0.15) is 0 Å². The Balaban J connectivity index is 1.17. The van der Waals surface area contributed by atoms with E-state index < -0.39 is 35.6 Å². The van der Waals surface area contributed by atoms with Gasteiger partial charge in [0.25, 0.3) is 0 Å². The number of benzene rings is 11. The van der Waals surface area contributed by atoms with E-state index in [1.807, 2.05) is 84.9 Å². The molecule has 0 saturated carbocycles. The van der Waals surface area contributed by atoms with Crippen LogP contribution >= 0.6 is 11.3 Å². The van der Waals surface area contributed by atoms with Crippen molar-refractivity contribution in [3.05, 3.63) is 289 Å². The summed E-state index contributed by atoms with van der Waals surface area (Å²) in [7, 11) is 0. The second-order valence-corrected chi connectivity index (χ2v) is 18.2. The molecule has 68 heavy (non-hydrogen) atoms. The van der Waals surface area contributed by atoms with Crippen LogP contribution in [0.15, 0.2) is 267 Å². The molecule has 1 atom stereocenters.